The van der Waals surface area contributed by atoms with Crippen LogP contribution in [-0.2, 0) is 0 Å². The molecule has 0 radical (unpaired) electrons. The molecule has 0 spiro atoms. The Labute approximate surface area is 83.7 Å². The lowest BCUT2D eigenvalue weighted by Gasteiger charge is -2.19. The third-order valence-electron chi connectivity index (χ3n) is 2.68. The summed E-state index contributed by atoms with van der Waals surface area (Å²) in [6.45, 7) is 0.652. The minimum atomic E-state index is -0.473. The highest BCUT2D eigenvalue weighted by Gasteiger charge is 2.25. The van der Waals surface area contributed by atoms with Gasteiger partial charge in [0.05, 0.1) is 12.7 Å². The van der Waals surface area contributed by atoms with E-state index in [2.05, 4.69) is 5.32 Å². The maximum absolute atomic E-state index is 10.1. The van der Waals surface area contributed by atoms with Gasteiger partial charge in [0, 0.05) is 11.6 Å². The monoisotopic (exact) mass is 193 g/mol. The molecule has 0 fully saturated rings. The van der Waals surface area contributed by atoms with Gasteiger partial charge in [-0.1, -0.05) is 18.2 Å². The molecule has 76 valence electrons. The Kier molecular flexibility index (Phi) is 2.70. The van der Waals surface area contributed by atoms with Crippen molar-refractivity contribution in [1.29, 1.82) is 0 Å². The van der Waals surface area contributed by atoms with Crippen molar-refractivity contribution in [1.82, 2.24) is 5.32 Å². The molecule has 1 aromatic carbocycles. The Balaban J connectivity index is 2.34. The van der Waals surface area contributed by atoms with Crippen LogP contribution < -0.4 is 10.1 Å². The van der Waals surface area contributed by atoms with Crippen molar-refractivity contribution in [3.63, 3.8) is 0 Å². The molecular formula is C11H15NO2. The second kappa shape index (κ2) is 3.98. The first-order valence-electron chi connectivity index (χ1n) is 4.90. The quantitative estimate of drug-likeness (QED) is 0.701. The SMILES string of the molecule is CNC1CCOc2ccccc2C1O. The van der Waals surface area contributed by atoms with Crippen molar-refractivity contribution in [3.05, 3.63) is 29.8 Å². The third kappa shape index (κ3) is 1.61. The standard InChI is InChI=1S/C11H15NO2/c1-12-9-6-7-14-10-5-3-2-4-8(10)11(9)13/h2-5,9,11-13H,6-7H2,1H3. The number of likely N-dealkylation sites (N-methyl/N-ethyl adjacent to an activating group) is 1. The number of benzene rings is 1. The molecule has 0 aliphatic carbocycles. The van der Waals surface area contributed by atoms with Crippen LogP contribution >= 0.6 is 0 Å². The maximum atomic E-state index is 10.1. The number of aliphatic hydroxyl groups excluding tert-OH is 1. The van der Waals surface area contributed by atoms with Gasteiger partial charge in [0.15, 0.2) is 0 Å². The molecular weight excluding hydrogens is 178 g/mol. The smallest absolute Gasteiger partial charge is 0.125 e. The number of nitrogens with one attached hydrogen (secondary N) is 1. The van der Waals surface area contributed by atoms with E-state index in [4.69, 9.17) is 4.74 Å². The van der Waals surface area contributed by atoms with Gasteiger partial charge < -0.3 is 15.2 Å². The van der Waals surface area contributed by atoms with Crippen molar-refractivity contribution < 1.29 is 9.84 Å². The first-order valence-corrected chi connectivity index (χ1v) is 4.90. The van der Waals surface area contributed by atoms with E-state index in [0.29, 0.717) is 6.61 Å². The lowest BCUT2D eigenvalue weighted by Crippen LogP contribution is -2.32. The average Bonchev–Trinajstić information content (AvgIpc) is 2.39. The molecule has 1 aliphatic heterocycles. The van der Waals surface area contributed by atoms with Crippen molar-refractivity contribution >= 4 is 0 Å². The number of ether oxygens (including phenoxy) is 1. The molecule has 1 aliphatic rings. The molecule has 1 heterocycles. The fourth-order valence-electron chi connectivity index (χ4n) is 1.83. The van der Waals surface area contributed by atoms with E-state index < -0.39 is 6.10 Å². The van der Waals surface area contributed by atoms with Crippen LogP contribution in [0, 0.1) is 0 Å². The molecule has 0 bridgehead atoms. The minimum absolute atomic E-state index is 0.0821. The Morgan fingerprint density at radius 3 is 3.00 bits per heavy atom. The largest absolute Gasteiger partial charge is 0.493 e. The molecule has 0 saturated carbocycles. The summed E-state index contributed by atoms with van der Waals surface area (Å²) in [5.74, 6) is 0.803. The second-order valence-electron chi connectivity index (χ2n) is 3.51. The molecule has 0 amide bonds. The Bertz CT molecular complexity index is 314. The number of rotatable bonds is 1. The zero-order valence-electron chi connectivity index (χ0n) is 8.23. The lowest BCUT2D eigenvalue weighted by atomic mass is 10.0. The van der Waals surface area contributed by atoms with Gasteiger partial charge in [-0.3, -0.25) is 0 Å². The number of hydrogen-bond acceptors (Lipinski definition) is 3. The number of para-hydroxylation sites is 1. The lowest BCUT2D eigenvalue weighted by molar-refractivity contribution is 0.130. The van der Waals surface area contributed by atoms with E-state index in [-0.39, 0.29) is 6.04 Å². The summed E-state index contributed by atoms with van der Waals surface area (Å²) in [5.41, 5.74) is 0.879. The van der Waals surface area contributed by atoms with Crippen LogP contribution in [-0.4, -0.2) is 24.8 Å². The van der Waals surface area contributed by atoms with Crippen LogP contribution in [0.4, 0.5) is 0 Å². The van der Waals surface area contributed by atoms with E-state index in [1.807, 2.05) is 31.3 Å². The zero-order chi connectivity index (χ0) is 9.97. The average molecular weight is 193 g/mol. The molecule has 0 saturated heterocycles. The summed E-state index contributed by atoms with van der Waals surface area (Å²) < 4.78 is 5.55. The first kappa shape index (κ1) is 9.49. The Hall–Kier alpha value is -1.06. The molecule has 14 heavy (non-hydrogen) atoms. The number of fused-ring (bicyclic) bond motifs is 1. The van der Waals surface area contributed by atoms with Crippen molar-refractivity contribution in [2.45, 2.75) is 18.6 Å². The fourth-order valence-corrected chi connectivity index (χ4v) is 1.83. The van der Waals surface area contributed by atoms with E-state index in [1.54, 1.807) is 0 Å². The molecule has 2 unspecified atom stereocenters. The van der Waals surface area contributed by atoms with Gasteiger partial charge in [-0.05, 0) is 19.5 Å². The van der Waals surface area contributed by atoms with Crippen molar-refractivity contribution in [3.8, 4) is 5.75 Å². The van der Waals surface area contributed by atoms with Gasteiger partial charge in [-0.25, -0.2) is 0 Å². The number of hydrogen-bond donors (Lipinski definition) is 2. The van der Waals surface area contributed by atoms with Crippen LogP contribution in [0.3, 0.4) is 0 Å². The van der Waals surface area contributed by atoms with E-state index >= 15 is 0 Å². The van der Waals surface area contributed by atoms with Gasteiger partial charge in [-0.15, -0.1) is 0 Å². The molecule has 0 aromatic heterocycles. The van der Waals surface area contributed by atoms with Crippen LogP contribution in [0.2, 0.25) is 0 Å². The molecule has 2 rings (SSSR count). The normalized spacial score (nSPS) is 26.1. The van der Waals surface area contributed by atoms with Gasteiger partial charge in [0.25, 0.3) is 0 Å². The predicted molar refractivity (Wildman–Crippen MR) is 54.4 cm³/mol. The van der Waals surface area contributed by atoms with E-state index in [1.165, 1.54) is 0 Å². The Morgan fingerprint density at radius 2 is 2.21 bits per heavy atom. The van der Waals surface area contributed by atoms with Crippen LogP contribution in [0.1, 0.15) is 18.1 Å². The van der Waals surface area contributed by atoms with Crippen molar-refractivity contribution in [2.24, 2.45) is 0 Å². The zero-order valence-corrected chi connectivity index (χ0v) is 8.23. The van der Waals surface area contributed by atoms with Crippen molar-refractivity contribution in [2.75, 3.05) is 13.7 Å². The van der Waals surface area contributed by atoms with Gasteiger partial charge in [0.1, 0.15) is 5.75 Å². The molecule has 1 aromatic rings. The van der Waals surface area contributed by atoms with Crippen LogP contribution in [0.15, 0.2) is 24.3 Å². The summed E-state index contributed by atoms with van der Waals surface area (Å²) in [4.78, 5) is 0. The highest BCUT2D eigenvalue weighted by Crippen LogP contribution is 2.30. The maximum Gasteiger partial charge on any atom is 0.125 e. The summed E-state index contributed by atoms with van der Waals surface area (Å²) in [6, 6.07) is 7.74. The molecule has 2 atom stereocenters. The van der Waals surface area contributed by atoms with Crippen LogP contribution in [0.5, 0.6) is 5.75 Å². The highest BCUT2D eigenvalue weighted by atomic mass is 16.5. The second-order valence-corrected chi connectivity index (χ2v) is 3.51. The van der Waals surface area contributed by atoms with Gasteiger partial charge in [-0.2, -0.15) is 0 Å². The summed E-state index contributed by atoms with van der Waals surface area (Å²) in [7, 11) is 1.86. The molecule has 3 heteroatoms. The topological polar surface area (TPSA) is 41.5 Å². The summed E-state index contributed by atoms with van der Waals surface area (Å²) in [6.07, 6.45) is 0.352. The summed E-state index contributed by atoms with van der Waals surface area (Å²) >= 11 is 0. The summed E-state index contributed by atoms with van der Waals surface area (Å²) in [5, 5.41) is 13.2. The molecule has 3 nitrogen and oxygen atoms in total. The third-order valence-corrected chi connectivity index (χ3v) is 2.68. The fraction of sp³-hybridized carbons (Fsp3) is 0.455. The predicted octanol–water partition coefficient (Wildman–Crippen LogP) is 1.09. The van der Waals surface area contributed by atoms with E-state index in [9.17, 15) is 5.11 Å². The first-order chi connectivity index (χ1) is 6.83. The molecule has 2 N–H and O–H groups in total. The van der Waals surface area contributed by atoms with Gasteiger partial charge >= 0.3 is 0 Å². The minimum Gasteiger partial charge on any atom is -0.493 e. The van der Waals surface area contributed by atoms with E-state index in [0.717, 1.165) is 17.7 Å². The van der Waals surface area contributed by atoms with Crippen LogP contribution in [0.25, 0.3) is 0 Å². The van der Waals surface area contributed by atoms with Gasteiger partial charge in [0.2, 0.25) is 0 Å². The Morgan fingerprint density at radius 1 is 1.43 bits per heavy atom. The highest BCUT2D eigenvalue weighted by molar-refractivity contribution is 5.36. The number of aliphatic hydroxyl groups is 1.